The van der Waals surface area contributed by atoms with E-state index in [4.69, 9.17) is 18.6 Å². The Hall–Kier alpha value is -3.04. The van der Waals surface area contributed by atoms with Gasteiger partial charge in [-0.3, -0.25) is 24.0 Å². The lowest BCUT2D eigenvalue weighted by Crippen LogP contribution is -2.65. The molecule has 1 unspecified atom stereocenters. The van der Waals surface area contributed by atoms with Gasteiger partial charge in [0.1, 0.15) is 6.26 Å². The third kappa shape index (κ3) is 3.55. The predicted octanol–water partition coefficient (Wildman–Crippen LogP) is 1.91. The van der Waals surface area contributed by atoms with Gasteiger partial charge < -0.3 is 18.6 Å². The SMILES string of the molecule is COC(=O)[C@@H]1C[C@H](OC(C)=O)C(=O)C2[C@@]1(C)CC[C@H]1C(=O)O[C@H](C(=O)c3ncco3)C[C@]21C. The summed E-state index contributed by atoms with van der Waals surface area (Å²) in [6, 6.07) is 0. The fourth-order valence-corrected chi connectivity index (χ4v) is 6.45. The second-order valence-electron chi connectivity index (χ2n) is 9.68. The molecule has 2 aliphatic carbocycles. The molecule has 0 spiro atoms. The van der Waals surface area contributed by atoms with Crippen molar-refractivity contribution in [3.05, 3.63) is 18.4 Å². The molecule has 3 fully saturated rings. The Balaban J connectivity index is 1.77. The molecule has 0 aromatic carbocycles. The van der Waals surface area contributed by atoms with E-state index in [1.54, 1.807) is 6.92 Å². The number of fused-ring (bicyclic) bond motifs is 3. The summed E-state index contributed by atoms with van der Waals surface area (Å²) in [5.74, 6) is -5.05. The number of Topliss-reactive ketones (excluding diaryl/α,β-unsaturated/α-hetero) is 2. The lowest BCUT2D eigenvalue weighted by atomic mass is 9.43. The van der Waals surface area contributed by atoms with Crippen molar-refractivity contribution in [1.29, 1.82) is 0 Å². The number of nitrogens with zero attached hydrogens (tertiary/aromatic N) is 1. The van der Waals surface area contributed by atoms with Gasteiger partial charge >= 0.3 is 17.9 Å². The number of methoxy groups -OCH3 is 1. The van der Waals surface area contributed by atoms with Crippen LogP contribution in [-0.2, 0) is 33.4 Å². The van der Waals surface area contributed by atoms with Gasteiger partial charge in [0.15, 0.2) is 18.0 Å². The van der Waals surface area contributed by atoms with Crippen LogP contribution in [0.25, 0.3) is 0 Å². The molecule has 0 radical (unpaired) electrons. The van der Waals surface area contributed by atoms with Crippen LogP contribution in [0.3, 0.4) is 0 Å². The summed E-state index contributed by atoms with van der Waals surface area (Å²) < 4.78 is 20.9. The average Bonchev–Trinajstić information content (AvgIpc) is 3.28. The van der Waals surface area contributed by atoms with E-state index in [2.05, 4.69) is 4.98 Å². The van der Waals surface area contributed by atoms with E-state index in [1.165, 1.54) is 26.5 Å². The van der Waals surface area contributed by atoms with E-state index >= 15 is 0 Å². The maximum atomic E-state index is 13.7. The minimum Gasteiger partial charge on any atom is -0.469 e. The highest BCUT2D eigenvalue weighted by Crippen LogP contribution is 2.64. The third-order valence-electron chi connectivity index (χ3n) is 7.83. The first-order valence-corrected chi connectivity index (χ1v) is 11.0. The fraction of sp³-hybridized carbons (Fsp3) is 0.652. The molecule has 178 valence electrons. The van der Waals surface area contributed by atoms with Gasteiger partial charge in [0, 0.05) is 19.3 Å². The van der Waals surface area contributed by atoms with E-state index in [0.717, 1.165) is 0 Å². The minimum absolute atomic E-state index is 0.0158. The van der Waals surface area contributed by atoms with Crippen molar-refractivity contribution in [2.45, 2.75) is 58.7 Å². The molecule has 2 heterocycles. The first-order chi connectivity index (χ1) is 15.5. The lowest BCUT2D eigenvalue weighted by Gasteiger charge is -2.60. The highest BCUT2D eigenvalue weighted by atomic mass is 16.6. The van der Waals surface area contributed by atoms with E-state index in [-0.39, 0.29) is 24.5 Å². The van der Waals surface area contributed by atoms with Crippen molar-refractivity contribution in [3.8, 4) is 0 Å². The molecule has 3 aliphatic rings. The summed E-state index contributed by atoms with van der Waals surface area (Å²) in [6.45, 7) is 4.81. The number of cyclic esters (lactones) is 1. The van der Waals surface area contributed by atoms with Gasteiger partial charge in [-0.25, -0.2) is 4.98 Å². The summed E-state index contributed by atoms with van der Waals surface area (Å²) >= 11 is 0. The number of carbonyl (C=O) groups excluding carboxylic acids is 5. The monoisotopic (exact) mass is 461 g/mol. The predicted molar refractivity (Wildman–Crippen MR) is 108 cm³/mol. The Labute approximate surface area is 190 Å². The quantitative estimate of drug-likeness (QED) is 0.371. The maximum absolute atomic E-state index is 13.7. The lowest BCUT2D eigenvalue weighted by molar-refractivity contribution is -0.207. The molecule has 10 heteroatoms. The van der Waals surface area contributed by atoms with Crippen LogP contribution in [0.1, 0.15) is 57.1 Å². The van der Waals surface area contributed by atoms with Gasteiger partial charge in [0.05, 0.1) is 25.1 Å². The summed E-state index contributed by atoms with van der Waals surface area (Å²) in [5, 5.41) is 0. The zero-order chi connectivity index (χ0) is 24.1. The standard InChI is InChI=1S/C23H27NO9/c1-11(25)32-14-9-13(20(28)30-4)22(2)6-5-12-21(29)33-15(17(27)19-24-7-8-31-19)10-23(12,3)18(22)16(14)26/h7-8,12-15,18H,5-6,9-10H2,1-4H3/t12-,13-,14-,15-,18?,22-,23-/m0/s1. The van der Waals surface area contributed by atoms with E-state index in [1.807, 2.05) is 6.92 Å². The zero-order valence-electron chi connectivity index (χ0n) is 19.0. The molecule has 1 aliphatic heterocycles. The largest absolute Gasteiger partial charge is 0.469 e. The van der Waals surface area contributed by atoms with Crippen molar-refractivity contribution in [1.82, 2.24) is 4.98 Å². The molecule has 0 amide bonds. The van der Waals surface area contributed by atoms with Crippen LogP contribution in [0.4, 0.5) is 0 Å². The van der Waals surface area contributed by atoms with Crippen LogP contribution in [-0.4, -0.2) is 53.8 Å². The maximum Gasteiger partial charge on any atom is 0.310 e. The Morgan fingerprint density at radius 2 is 1.91 bits per heavy atom. The minimum atomic E-state index is -1.18. The third-order valence-corrected chi connectivity index (χ3v) is 7.83. The zero-order valence-corrected chi connectivity index (χ0v) is 19.0. The number of hydrogen-bond acceptors (Lipinski definition) is 10. The Kier molecular flexibility index (Phi) is 5.66. The smallest absolute Gasteiger partial charge is 0.310 e. The molecule has 10 nitrogen and oxygen atoms in total. The highest BCUT2D eigenvalue weighted by molar-refractivity contribution is 5.98. The number of hydrogen-bond donors (Lipinski definition) is 0. The second kappa shape index (κ2) is 8.07. The summed E-state index contributed by atoms with van der Waals surface area (Å²) in [6.07, 6.45) is 1.10. The van der Waals surface area contributed by atoms with E-state index in [9.17, 15) is 24.0 Å². The second-order valence-corrected chi connectivity index (χ2v) is 9.68. The Bertz CT molecular complexity index is 1000. The van der Waals surface area contributed by atoms with Gasteiger partial charge in [-0.2, -0.15) is 0 Å². The van der Waals surface area contributed by atoms with E-state index in [0.29, 0.717) is 12.8 Å². The van der Waals surface area contributed by atoms with Crippen LogP contribution in [0.15, 0.2) is 16.9 Å². The molecule has 7 atom stereocenters. The van der Waals surface area contributed by atoms with Crippen LogP contribution < -0.4 is 0 Å². The first kappa shape index (κ1) is 23.1. The van der Waals surface area contributed by atoms with Gasteiger partial charge in [0.25, 0.3) is 11.7 Å². The van der Waals surface area contributed by atoms with Gasteiger partial charge in [-0.15, -0.1) is 0 Å². The van der Waals surface area contributed by atoms with Gasteiger partial charge in [0.2, 0.25) is 0 Å². The van der Waals surface area contributed by atoms with Gasteiger partial charge in [-0.05, 0) is 30.1 Å². The molecule has 1 aromatic heterocycles. The molecule has 1 aromatic rings. The molecule has 1 saturated heterocycles. The molecule has 0 bridgehead atoms. The number of rotatable bonds is 4. The first-order valence-electron chi connectivity index (χ1n) is 11.0. The van der Waals surface area contributed by atoms with Crippen molar-refractivity contribution >= 4 is 29.5 Å². The number of ketones is 2. The summed E-state index contributed by atoms with van der Waals surface area (Å²) in [4.78, 5) is 68.0. The van der Waals surface area contributed by atoms with Crippen LogP contribution in [0.5, 0.6) is 0 Å². The number of esters is 3. The fourth-order valence-electron chi connectivity index (χ4n) is 6.45. The number of carbonyl (C=O) groups is 5. The molecule has 4 rings (SSSR count). The topological polar surface area (TPSA) is 139 Å². The molecule has 33 heavy (non-hydrogen) atoms. The van der Waals surface area contributed by atoms with Crippen LogP contribution >= 0.6 is 0 Å². The van der Waals surface area contributed by atoms with Crippen LogP contribution in [0, 0.1) is 28.6 Å². The Morgan fingerprint density at radius 1 is 1.18 bits per heavy atom. The number of ether oxygens (including phenoxy) is 3. The molecule has 2 saturated carbocycles. The molecule has 0 N–H and O–H groups in total. The van der Waals surface area contributed by atoms with Crippen molar-refractivity contribution in [3.63, 3.8) is 0 Å². The molecular formula is C23H27NO9. The average molecular weight is 461 g/mol. The van der Waals surface area contributed by atoms with E-state index < -0.39 is 64.5 Å². The summed E-state index contributed by atoms with van der Waals surface area (Å²) in [7, 11) is 1.27. The van der Waals surface area contributed by atoms with Crippen molar-refractivity contribution in [2.24, 2.45) is 28.6 Å². The van der Waals surface area contributed by atoms with Crippen molar-refractivity contribution < 1.29 is 42.6 Å². The van der Waals surface area contributed by atoms with Crippen molar-refractivity contribution in [2.75, 3.05) is 7.11 Å². The van der Waals surface area contributed by atoms with Gasteiger partial charge in [-0.1, -0.05) is 13.8 Å². The summed E-state index contributed by atoms with van der Waals surface area (Å²) in [5.41, 5.74) is -1.86. The number of aromatic nitrogens is 1. The highest BCUT2D eigenvalue weighted by Gasteiger charge is 2.68. The van der Waals surface area contributed by atoms with Crippen LogP contribution in [0.2, 0.25) is 0 Å². The Morgan fingerprint density at radius 3 is 2.52 bits per heavy atom. The normalized spacial score (nSPS) is 37.9. The number of oxazole rings is 1. The molecular weight excluding hydrogens is 434 g/mol.